The van der Waals surface area contributed by atoms with Crippen LogP contribution in [0.4, 0.5) is 5.69 Å². The van der Waals surface area contributed by atoms with Crippen LogP contribution in [0.5, 0.6) is 5.75 Å². The third-order valence-electron chi connectivity index (χ3n) is 4.28. The SMILES string of the molecule is CCc1ccc(NC(=O)CCc2ccc(-c3ccc(OC)cc3)o2)cc1. The summed E-state index contributed by atoms with van der Waals surface area (Å²) in [6, 6.07) is 19.5. The van der Waals surface area contributed by atoms with Crippen molar-refractivity contribution in [2.45, 2.75) is 26.2 Å². The highest BCUT2D eigenvalue weighted by Crippen LogP contribution is 2.25. The van der Waals surface area contributed by atoms with Gasteiger partial charge in [0.25, 0.3) is 0 Å². The topological polar surface area (TPSA) is 51.5 Å². The molecule has 1 aromatic heterocycles. The molecule has 4 nitrogen and oxygen atoms in total. The number of carbonyl (C=O) groups excluding carboxylic acids is 1. The largest absolute Gasteiger partial charge is 0.497 e. The van der Waals surface area contributed by atoms with Gasteiger partial charge in [-0.15, -0.1) is 0 Å². The molecular weight excluding hydrogens is 326 g/mol. The van der Waals surface area contributed by atoms with Crippen LogP contribution in [0.25, 0.3) is 11.3 Å². The second kappa shape index (κ2) is 8.39. The molecule has 0 aliphatic carbocycles. The molecule has 0 atom stereocenters. The molecule has 0 unspecified atom stereocenters. The van der Waals surface area contributed by atoms with E-state index in [4.69, 9.17) is 9.15 Å². The Hall–Kier alpha value is -3.01. The number of amides is 1. The van der Waals surface area contributed by atoms with Crippen molar-refractivity contribution in [3.8, 4) is 17.1 Å². The summed E-state index contributed by atoms with van der Waals surface area (Å²) < 4.78 is 11.0. The lowest BCUT2D eigenvalue weighted by molar-refractivity contribution is -0.116. The number of furan rings is 1. The van der Waals surface area contributed by atoms with E-state index in [1.807, 2.05) is 60.7 Å². The number of nitrogens with one attached hydrogen (secondary N) is 1. The number of hydrogen-bond donors (Lipinski definition) is 1. The quantitative estimate of drug-likeness (QED) is 0.646. The summed E-state index contributed by atoms with van der Waals surface area (Å²) in [6.45, 7) is 2.11. The zero-order valence-electron chi connectivity index (χ0n) is 15.1. The Morgan fingerprint density at radius 3 is 2.38 bits per heavy atom. The summed E-state index contributed by atoms with van der Waals surface area (Å²) in [7, 11) is 1.64. The van der Waals surface area contributed by atoms with Crippen molar-refractivity contribution in [1.29, 1.82) is 0 Å². The van der Waals surface area contributed by atoms with Gasteiger partial charge in [0.2, 0.25) is 5.91 Å². The Morgan fingerprint density at radius 2 is 1.73 bits per heavy atom. The highest BCUT2D eigenvalue weighted by atomic mass is 16.5. The molecule has 1 amide bonds. The van der Waals surface area contributed by atoms with Gasteiger partial charge >= 0.3 is 0 Å². The van der Waals surface area contributed by atoms with Crippen LogP contribution >= 0.6 is 0 Å². The van der Waals surface area contributed by atoms with Crippen LogP contribution in [0.3, 0.4) is 0 Å². The van der Waals surface area contributed by atoms with Crippen molar-refractivity contribution < 1.29 is 13.9 Å². The predicted octanol–water partition coefficient (Wildman–Crippen LogP) is 5.09. The zero-order valence-corrected chi connectivity index (χ0v) is 15.1. The van der Waals surface area contributed by atoms with Crippen molar-refractivity contribution in [2.24, 2.45) is 0 Å². The molecule has 134 valence electrons. The van der Waals surface area contributed by atoms with E-state index in [0.717, 1.165) is 34.9 Å². The molecule has 2 aromatic carbocycles. The molecule has 3 aromatic rings. The number of carbonyl (C=O) groups is 1. The second-order valence-electron chi connectivity index (χ2n) is 6.09. The van der Waals surface area contributed by atoms with Gasteiger partial charge in [0.05, 0.1) is 7.11 Å². The summed E-state index contributed by atoms with van der Waals surface area (Å²) in [5, 5.41) is 2.92. The number of anilines is 1. The lowest BCUT2D eigenvalue weighted by Gasteiger charge is -2.05. The number of hydrogen-bond acceptors (Lipinski definition) is 3. The van der Waals surface area contributed by atoms with E-state index in [9.17, 15) is 4.79 Å². The monoisotopic (exact) mass is 349 g/mol. The van der Waals surface area contributed by atoms with Crippen molar-refractivity contribution in [1.82, 2.24) is 0 Å². The van der Waals surface area contributed by atoms with Gasteiger partial charge in [0, 0.05) is 24.1 Å². The Morgan fingerprint density at radius 1 is 1.00 bits per heavy atom. The van der Waals surface area contributed by atoms with Crippen LogP contribution in [-0.2, 0) is 17.6 Å². The predicted molar refractivity (Wildman–Crippen MR) is 103 cm³/mol. The maximum atomic E-state index is 12.1. The standard InChI is InChI=1S/C22H23NO3/c1-3-16-4-8-18(9-5-16)23-22(24)15-13-20-12-14-21(26-20)17-6-10-19(25-2)11-7-17/h4-12,14H,3,13,15H2,1-2H3,(H,23,24). The smallest absolute Gasteiger partial charge is 0.224 e. The number of ether oxygens (including phenoxy) is 1. The Kier molecular flexibility index (Phi) is 5.74. The number of rotatable bonds is 7. The Bertz CT molecular complexity index is 848. The van der Waals surface area contributed by atoms with Gasteiger partial charge in [-0.25, -0.2) is 0 Å². The molecule has 1 heterocycles. The molecule has 4 heteroatoms. The third kappa shape index (κ3) is 4.54. The first-order chi connectivity index (χ1) is 12.7. The van der Waals surface area contributed by atoms with Crippen molar-refractivity contribution in [3.63, 3.8) is 0 Å². The van der Waals surface area contributed by atoms with E-state index in [1.54, 1.807) is 7.11 Å². The summed E-state index contributed by atoms with van der Waals surface area (Å²) in [5.41, 5.74) is 3.06. The van der Waals surface area contributed by atoms with Crippen LogP contribution in [0.2, 0.25) is 0 Å². The molecule has 26 heavy (non-hydrogen) atoms. The van der Waals surface area contributed by atoms with E-state index in [1.165, 1.54) is 5.56 Å². The second-order valence-corrected chi connectivity index (χ2v) is 6.09. The summed E-state index contributed by atoms with van der Waals surface area (Å²) in [5.74, 6) is 2.38. The fourth-order valence-electron chi connectivity index (χ4n) is 2.71. The van der Waals surface area contributed by atoms with Crippen molar-refractivity contribution in [3.05, 3.63) is 72.0 Å². The highest BCUT2D eigenvalue weighted by molar-refractivity contribution is 5.90. The van der Waals surface area contributed by atoms with Gasteiger partial charge in [0.15, 0.2) is 0 Å². The Labute approximate surface area is 153 Å². The first-order valence-corrected chi connectivity index (χ1v) is 8.80. The molecule has 0 spiro atoms. The van der Waals surface area contributed by atoms with Crippen LogP contribution in [0.1, 0.15) is 24.7 Å². The van der Waals surface area contributed by atoms with Gasteiger partial charge in [-0.2, -0.15) is 0 Å². The van der Waals surface area contributed by atoms with Crippen molar-refractivity contribution in [2.75, 3.05) is 12.4 Å². The molecule has 0 fully saturated rings. The van der Waals surface area contributed by atoms with Crippen molar-refractivity contribution >= 4 is 11.6 Å². The van der Waals surface area contributed by atoms with Crippen LogP contribution < -0.4 is 10.1 Å². The van der Waals surface area contributed by atoms with Crippen LogP contribution in [0.15, 0.2) is 65.1 Å². The zero-order chi connectivity index (χ0) is 18.4. The molecular formula is C22H23NO3. The lowest BCUT2D eigenvalue weighted by atomic mass is 10.1. The van der Waals surface area contributed by atoms with Gasteiger partial charge < -0.3 is 14.5 Å². The first-order valence-electron chi connectivity index (χ1n) is 8.80. The Balaban J connectivity index is 1.54. The normalized spacial score (nSPS) is 10.5. The lowest BCUT2D eigenvalue weighted by Crippen LogP contribution is -2.12. The summed E-state index contributed by atoms with van der Waals surface area (Å²) in [4.78, 5) is 12.1. The molecule has 0 aliphatic rings. The highest BCUT2D eigenvalue weighted by Gasteiger charge is 2.08. The molecule has 0 aliphatic heterocycles. The summed E-state index contributed by atoms with van der Waals surface area (Å²) >= 11 is 0. The number of methoxy groups -OCH3 is 1. The van der Waals surface area contributed by atoms with E-state index < -0.39 is 0 Å². The molecule has 0 radical (unpaired) electrons. The molecule has 1 N–H and O–H groups in total. The number of aryl methyl sites for hydroxylation is 2. The minimum atomic E-state index is -0.0170. The molecule has 0 saturated heterocycles. The van der Waals surface area contributed by atoms with E-state index in [2.05, 4.69) is 12.2 Å². The van der Waals surface area contributed by atoms with Gasteiger partial charge in [-0.05, 0) is 60.5 Å². The maximum Gasteiger partial charge on any atom is 0.224 e. The van der Waals surface area contributed by atoms with Crippen LogP contribution in [-0.4, -0.2) is 13.0 Å². The average molecular weight is 349 g/mol. The third-order valence-corrected chi connectivity index (χ3v) is 4.28. The minimum Gasteiger partial charge on any atom is -0.497 e. The minimum absolute atomic E-state index is 0.0170. The van der Waals surface area contributed by atoms with Gasteiger partial charge in [-0.1, -0.05) is 19.1 Å². The fourth-order valence-corrected chi connectivity index (χ4v) is 2.71. The average Bonchev–Trinajstić information content (AvgIpc) is 3.16. The fraction of sp³-hybridized carbons (Fsp3) is 0.227. The van der Waals surface area contributed by atoms with Gasteiger partial charge in [0.1, 0.15) is 17.3 Å². The first kappa shape index (κ1) is 17.8. The number of benzene rings is 2. The molecule has 3 rings (SSSR count). The van der Waals surface area contributed by atoms with Crippen LogP contribution in [0, 0.1) is 0 Å². The molecule has 0 saturated carbocycles. The molecule has 0 bridgehead atoms. The van der Waals surface area contributed by atoms with E-state index in [0.29, 0.717) is 12.8 Å². The summed E-state index contributed by atoms with van der Waals surface area (Å²) in [6.07, 6.45) is 1.93. The van der Waals surface area contributed by atoms with E-state index in [-0.39, 0.29) is 5.91 Å². The van der Waals surface area contributed by atoms with E-state index >= 15 is 0 Å². The van der Waals surface area contributed by atoms with Gasteiger partial charge in [-0.3, -0.25) is 4.79 Å². The maximum absolute atomic E-state index is 12.1.